The molecule has 7 nitrogen and oxygen atoms in total. The van der Waals surface area contributed by atoms with E-state index >= 15 is 0 Å². The number of benzene rings is 1. The zero-order valence-corrected chi connectivity index (χ0v) is 21.1. The Morgan fingerprint density at radius 1 is 0.970 bits per heavy atom. The third-order valence-electron chi connectivity index (χ3n) is 7.37. The molecule has 3 aliphatic heterocycles. The highest BCUT2D eigenvalue weighted by molar-refractivity contribution is 7.89. The third kappa shape index (κ3) is 5.84. The van der Waals surface area contributed by atoms with Crippen molar-refractivity contribution < 1.29 is 17.9 Å². The van der Waals surface area contributed by atoms with Crippen LogP contribution in [0, 0.1) is 0 Å². The van der Waals surface area contributed by atoms with E-state index in [1.54, 1.807) is 17.0 Å². The fraction of sp³-hybridized carbons (Fsp3) is 0.708. The van der Waals surface area contributed by atoms with Gasteiger partial charge < -0.3 is 14.5 Å². The Bertz CT molecular complexity index is 897. The summed E-state index contributed by atoms with van der Waals surface area (Å²) < 4.78 is 34.0. The first-order valence-corrected chi connectivity index (χ1v) is 14.1. The van der Waals surface area contributed by atoms with Crippen molar-refractivity contribution >= 4 is 27.7 Å². The summed E-state index contributed by atoms with van der Waals surface area (Å²) in [6.45, 7) is 5.76. The molecule has 2 atom stereocenters. The maximum absolute atomic E-state index is 13.4. The number of likely N-dealkylation sites (tertiary alicyclic amines) is 2. The van der Waals surface area contributed by atoms with Crippen LogP contribution in [0.15, 0.2) is 29.2 Å². The molecule has 184 valence electrons. The van der Waals surface area contributed by atoms with E-state index in [0.29, 0.717) is 30.6 Å². The van der Waals surface area contributed by atoms with Crippen molar-refractivity contribution in [1.82, 2.24) is 14.1 Å². The van der Waals surface area contributed by atoms with Gasteiger partial charge in [0, 0.05) is 30.2 Å². The summed E-state index contributed by atoms with van der Waals surface area (Å²) in [7, 11) is -3.71. The van der Waals surface area contributed by atoms with Crippen LogP contribution in [0.25, 0.3) is 0 Å². The predicted molar refractivity (Wildman–Crippen MR) is 129 cm³/mol. The fourth-order valence-corrected chi connectivity index (χ4v) is 7.52. The molecule has 2 unspecified atom stereocenters. The van der Waals surface area contributed by atoms with E-state index in [9.17, 15) is 13.2 Å². The van der Waals surface area contributed by atoms with Gasteiger partial charge >= 0.3 is 6.09 Å². The number of piperidine rings is 3. The number of rotatable bonds is 5. The summed E-state index contributed by atoms with van der Waals surface area (Å²) in [4.78, 5) is 17.4. The minimum absolute atomic E-state index is 0.0854. The number of halogens is 1. The number of carbonyl (C=O) groups excluding carboxylic acids is 1. The normalized spacial score (nSPS) is 26.3. The molecule has 1 aromatic rings. The Labute approximate surface area is 203 Å². The van der Waals surface area contributed by atoms with E-state index in [0.717, 1.165) is 25.7 Å². The lowest BCUT2D eigenvalue weighted by atomic mass is 10.00. The monoisotopic (exact) mass is 497 g/mol. The number of carbonyl (C=O) groups is 1. The second-order valence-electron chi connectivity index (χ2n) is 9.61. The molecule has 33 heavy (non-hydrogen) atoms. The molecule has 1 amide bonds. The van der Waals surface area contributed by atoms with Gasteiger partial charge in [-0.05, 0) is 82.8 Å². The van der Waals surface area contributed by atoms with Crippen LogP contribution < -0.4 is 0 Å². The highest BCUT2D eigenvalue weighted by atomic mass is 35.5. The number of nitrogens with zero attached hydrogens (tertiary/aromatic N) is 3. The molecule has 0 saturated carbocycles. The summed E-state index contributed by atoms with van der Waals surface area (Å²) in [5.41, 5.74) is 0. The first-order valence-electron chi connectivity index (χ1n) is 12.3. The van der Waals surface area contributed by atoms with Crippen LogP contribution in [0.3, 0.4) is 0 Å². The number of sulfonamides is 1. The van der Waals surface area contributed by atoms with Crippen molar-refractivity contribution in [3.8, 4) is 0 Å². The lowest BCUT2D eigenvalue weighted by molar-refractivity contribution is 0.0465. The molecule has 4 rings (SSSR count). The van der Waals surface area contributed by atoms with Gasteiger partial charge in [-0.25, -0.2) is 13.2 Å². The van der Waals surface area contributed by atoms with Crippen LogP contribution >= 0.6 is 11.6 Å². The standard InChI is InChI=1S/C24H36ClN3O4S/c1-19-6-5-7-22(28(19)33(30,31)23-10-8-20(25)9-11-23)18-32-24(29)27-16-12-21(13-17-27)26-14-3-2-4-15-26/h8-11,19,21-22H,2-7,12-18H2,1H3. The highest BCUT2D eigenvalue weighted by Crippen LogP contribution is 2.31. The molecule has 3 heterocycles. The van der Waals surface area contributed by atoms with Gasteiger partial charge in [-0.1, -0.05) is 24.4 Å². The quantitative estimate of drug-likeness (QED) is 0.604. The molecular weight excluding hydrogens is 462 g/mol. The molecule has 0 aliphatic carbocycles. The smallest absolute Gasteiger partial charge is 0.409 e. The Balaban J connectivity index is 1.34. The first-order chi connectivity index (χ1) is 15.9. The second kappa shape index (κ2) is 10.9. The van der Waals surface area contributed by atoms with Crippen LogP contribution in [-0.4, -0.2) is 79.5 Å². The fourth-order valence-electron chi connectivity index (χ4n) is 5.54. The second-order valence-corrected chi connectivity index (χ2v) is 11.9. The summed E-state index contributed by atoms with van der Waals surface area (Å²) in [5, 5.41) is 0.496. The number of hydrogen-bond donors (Lipinski definition) is 0. The van der Waals surface area contributed by atoms with E-state index in [-0.39, 0.29) is 29.7 Å². The van der Waals surface area contributed by atoms with Gasteiger partial charge in [-0.15, -0.1) is 0 Å². The van der Waals surface area contributed by atoms with Crippen molar-refractivity contribution in [1.29, 1.82) is 0 Å². The Morgan fingerprint density at radius 3 is 2.30 bits per heavy atom. The number of ether oxygens (including phenoxy) is 1. The molecular formula is C24H36ClN3O4S. The van der Waals surface area contributed by atoms with Crippen LogP contribution in [-0.2, 0) is 14.8 Å². The Hall–Kier alpha value is -1.35. The highest BCUT2D eigenvalue weighted by Gasteiger charge is 2.39. The van der Waals surface area contributed by atoms with Crippen LogP contribution in [0.1, 0.15) is 58.3 Å². The Kier molecular flexibility index (Phi) is 8.20. The van der Waals surface area contributed by atoms with E-state index in [1.807, 2.05) is 6.92 Å². The van der Waals surface area contributed by atoms with Gasteiger partial charge in [0.1, 0.15) is 6.61 Å². The van der Waals surface area contributed by atoms with E-state index in [1.165, 1.54) is 48.8 Å². The zero-order valence-electron chi connectivity index (χ0n) is 19.5. The van der Waals surface area contributed by atoms with Crippen molar-refractivity contribution in [2.45, 2.75) is 81.3 Å². The molecule has 0 spiro atoms. The van der Waals surface area contributed by atoms with E-state index < -0.39 is 10.0 Å². The maximum atomic E-state index is 13.4. The van der Waals surface area contributed by atoms with Crippen LogP contribution in [0.5, 0.6) is 0 Å². The van der Waals surface area contributed by atoms with Gasteiger partial charge in [0.25, 0.3) is 0 Å². The molecule has 0 N–H and O–H groups in total. The minimum atomic E-state index is -3.71. The molecule has 0 bridgehead atoms. The lowest BCUT2D eigenvalue weighted by Crippen LogP contribution is -2.52. The molecule has 3 aliphatic rings. The maximum Gasteiger partial charge on any atom is 0.409 e. The van der Waals surface area contributed by atoms with Crippen molar-refractivity contribution in [3.05, 3.63) is 29.3 Å². The van der Waals surface area contributed by atoms with Gasteiger partial charge in [0.05, 0.1) is 10.9 Å². The average Bonchev–Trinajstić information content (AvgIpc) is 2.83. The third-order valence-corrected chi connectivity index (χ3v) is 9.70. The zero-order chi connectivity index (χ0) is 23.4. The molecule has 9 heteroatoms. The largest absolute Gasteiger partial charge is 0.448 e. The summed E-state index contributed by atoms with van der Waals surface area (Å²) in [6, 6.07) is 6.31. The van der Waals surface area contributed by atoms with Gasteiger partial charge in [0.15, 0.2) is 0 Å². The van der Waals surface area contributed by atoms with Gasteiger partial charge in [-0.2, -0.15) is 4.31 Å². The van der Waals surface area contributed by atoms with Crippen molar-refractivity contribution in [3.63, 3.8) is 0 Å². The summed E-state index contributed by atoms with van der Waals surface area (Å²) in [6.07, 6.45) is 7.90. The van der Waals surface area contributed by atoms with E-state index in [2.05, 4.69) is 4.90 Å². The first kappa shape index (κ1) is 24.8. The SMILES string of the molecule is CC1CCCC(COC(=O)N2CCC(N3CCCCC3)CC2)N1S(=O)(=O)c1ccc(Cl)cc1. The number of hydrogen-bond acceptors (Lipinski definition) is 5. The van der Waals surface area contributed by atoms with Gasteiger partial charge in [0.2, 0.25) is 10.0 Å². The molecule has 0 aromatic heterocycles. The lowest BCUT2D eigenvalue weighted by Gasteiger charge is -2.41. The Morgan fingerprint density at radius 2 is 1.64 bits per heavy atom. The molecule has 0 radical (unpaired) electrons. The number of amides is 1. The minimum Gasteiger partial charge on any atom is -0.448 e. The van der Waals surface area contributed by atoms with Crippen LogP contribution in [0.4, 0.5) is 4.79 Å². The van der Waals surface area contributed by atoms with E-state index in [4.69, 9.17) is 16.3 Å². The van der Waals surface area contributed by atoms with Crippen LogP contribution in [0.2, 0.25) is 5.02 Å². The molecule has 3 saturated heterocycles. The topological polar surface area (TPSA) is 70.2 Å². The summed E-state index contributed by atoms with van der Waals surface area (Å²) in [5.74, 6) is 0. The predicted octanol–water partition coefficient (Wildman–Crippen LogP) is 4.36. The molecule has 1 aromatic carbocycles. The van der Waals surface area contributed by atoms with Gasteiger partial charge in [-0.3, -0.25) is 0 Å². The average molecular weight is 498 g/mol. The summed E-state index contributed by atoms with van der Waals surface area (Å²) >= 11 is 5.94. The van der Waals surface area contributed by atoms with Crippen molar-refractivity contribution in [2.24, 2.45) is 0 Å². The van der Waals surface area contributed by atoms with Crippen molar-refractivity contribution in [2.75, 3.05) is 32.8 Å². The molecule has 3 fully saturated rings.